The maximum absolute atomic E-state index is 9.72. The third-order valence-electron chi connectivity index (χ3n) is 4.39. The molecule has 0 aliphatic rings. The minimum absolute atomic E-state index is 0.218. The molecule has 2 atom stereocenters. The van der Waals surface area contributed by atoms with E-state index in [4.69, 9.17) is 4.43 Å². The van der Waals surface area contributed by atoms with Gasteiger partial charge in [0.1, 0.15) is 0 Å². The normalized spacial score (nSPS) is 16.9. The Labute approximate surface area is 127 Å². The minimum atomic E-state index is -1.61. The summed E-state index contributed by atoms with van der Waals surface area (Å²) in [6.45, 7) is 18.6. The third-order valence-corrected chi connectivity index (χ3v) is 8.89. The summed E-state index contributed by atoms with van der Waals surface area (Å²) < 4.78 is 6.23. The number of hydrogen-bond donors (Lipinski definition) is 1. The van der Waals surface area contributed by atoms with Crippen molar-refractivity contribution in [1.82, 2.24) is 0 Å². The molecule has 0 rings (SSSR count). The minimum Gasteiger partial charge on any atom is -0.417 e. The lowest BCUT2D eigenvalue weighted by Gasteiger charge is -2.36. The van der Waals surface area contributed by atoms with Crippen molar-refractivity contribution in [1.29, 1.82) is 0 Å². The van der Waals surface area contributed by atoms with Crippen LogP contribution in [0.3, 0.4) is 0 Å². The molecule has 2 nitrogen and oxygen atoms in total. The molecule has 0 aliphatic heterocycles. The van der Waals surface area contributed by atoms with Crippen molar-refractivity contribution >= 4 is 8.32 Å². The SMILES string of the molecule is CC(C)[C@H](O)C/C=C\C[C@@H](C)CO[Si](C)(C)C(C)(C)C. The second kappa shape index (κ2) is 8.35. The van der Waals surface area contributed by atoms with Gasteiger partial charge in [-0.1, -0.05) is 53.7 Å². The maximum Gasteiger partial charge on any atom is 0.191 e. The monoisotopic (exact) mass is 300 g/mol. The van der Waals surface area contributed by atoms with Gasteiger partial charge in [-0.15, -0.1) is 0 Å². The molecule has 0 heterocycles. The van der Waals surface area contributed by atoms with E-state index in [1.807, 2.05) is 13.8 Å². The van der Waals surface area contributed by atoms with Gasteiger partial charge in [0.25, 0.3) is 0 Å². The molecule has 0 fully saturated rings. The van der Waals surface area contributed by atoms with Crippen LogP contribution in [0.2, 0.25) is 18.1 Å². The predicted molar refractivity (Wildman–Crippen MR) is 91.5 cm³/mol. The van der Waals surface area contributed by atoms with Crippen molar-refractivity contribution in [3.8, 4) is 0 Å². The van der Waals surface area contributed by atoms with Crippen molar-refractivity contribution < 1.29 is 9.53 Å². The largest absolute Gasteiger partial charge is 0.417 e. The van der Waals surface area contributed by atoms with Gasteiger partial charge in [-0.3, -0.25) is 0 Å². The van der Waals surface area contributed by atoms with Crippen LogP contribution in [0.4, 0.5) is 0 Å². The highest BCUT2D eigenvalue weighted by atomic mass is 28.4. The molecule has 3 heteroatoms. The molecule has 0 saturated carbocycles. The molecule has 0 aromatic heterocycles. The van der Waals surface area contributed by atoms with Gasteiger partial charge in [0.2, 0.25) is 0 Å². The van der Waals surface area contributed by atoms with Gasteiger partial charge < -0.3 is 9.53 Å². The third kappa shape index (κ3) is 7.60. The van der Waals surface area contributed by atoms with Crippen LogP contribution in [0.5, 0.6) is 0 Å². The number of aliphatic hydroxyl groups is 1. The van der Waals surface area contributed by atoms with Crippen LogP contribution >= 0.6 is 0 Å². The Balaban J connectivity index is 4.02. The van der Waals surface area contributed by atoms with E-state index in [0.717, 1.165) is 19.4 Å². The summed E-state index contributed by atoms with van der Waals surface area (Å²) in [5.41, 5.74) is 0. The average Bonchev–Trinajstić information content (AvgIpc) is 2.30. The van der Waals surface area contributed by atoms with Crippen LogP contribution in [0.1, 0.15) is 54.4 Å². The summed E-state index contributed by atoms with van der Waals surface area (Å²) in [5, 5.41) is 10.0. The van der Waals surface area contributed by atoms with E-state index >= 15 is 0 Å². The smallest absolute Gasteiger partial charge is 0.191 e. The molecule has 0 amide bonds. The molecule has 0 aromatic carbocycles. The van der Waals surface area contributed by atoms with Crippen LogP contribution in [0, 0.1) is 11.8 Å². The van der Waals surface area contributed by atoms with E-state index in [1.165, 1.54) is 0 Å². The average molecular weight is 301 g/mol. The first-order valence-electron chi connectivity index (χ1n) is 7.94. The van der Waals surface area contributed by atoms with Crippen LogP contribution in [-0.2, 0) is 4.43 Å². The standard InChI is InChI=1S/C17H36O2Si/c1-14(2)16(18)12-10-9-11-15(3)13-19-20(7,8)17(4,5)6/h9-10,14-16,18H,11-13H2,1-8H3/b10-9-/t15-,16-/m1/s1. The van der Waals surface area contributed by atoms with E-state index in [1.54, 1.807) is 0 Å². The summed E-state index contributed by atoms with van der Waals surface area (Å²) >= 11 is 0. The molecular formula is C17H36O2Si. The molecular weight excluding hydrogens is 264 g/mol. The Kier molecular flexibility index (Phi) is 8.30. The van der Waals surface area contributed by atoms with Crippen LogP contribution in [0.15, 0.2) is 12.2 Å². The predicted octanol–water partition coefficient (Wildman–Crippen LogP) is 5.00. The topological polar surface area (TPSA) is 29.5 Å². The molecule has 20 heavy (non-hydrogen) atoms. The lowest BCUT2D eigenvalue weighted by molar-refractivity contribution is 0.128. The maximum atomic E-state index is 9.72. The number of allylic oxidation sites excluding steroid dienone is 1. The number of aliphatic hydroxyl groups excluding tert-OH is 1. The first kappa shape index (κ1) is 19.9. The summed E-state index contributed by atoms with van der Waals surface area (Å²) in [6, 6.07) is 0. The highest BCUT2D eigenvalue weighted by Gasteiger charge is 2.37. The molecule has 0 bridgehead atoms. The fraction of sp³-hybridized carbons (Fsp3) is 0.882. The zero-order valence-electron chi connectivity index (χ0n) is 14.9. The molecule has 0 aromatic rings. The molecule has 0 radical (unpaired) electrons. The Hall–Kier alpha value is -0.123. The van der Waals surface area contributed by atoms with E-state index < -0.39 is 8.32 Å². The quantitative estimate of drug-likeness (QED) is 0.505. The molecule has 1 N–H and O–H groups in total. The molecule has 120 valence electrons. The van der Waals surface area contributed by atoms with Gasteiger partial charge in [-0.25, -0.2) is 0 Å². The van der Waals surface area contributed by atoms with Crippen molar-refractivity contribution in [2.24, 2.45) is 11.8 Å². The Morgan fingerprint density at radius 2 is 1.55 bits per heavy atom. The summed E-state index contributed by atoms with van der Waals surface area (Å²) in [6.07, 6.45) is 5.86. The van der Waals surface area contributed by atoms with Gasteiger partial charge in [0.15, 0.2) is 8.32 Å². The van der Waals surface area contributed by atoms with Gasteiger partial charge in [0, 0.05) is 6.61 Å². The van der Waals surface area contributed by atoms with Crippen molar-refractivity contribution in [3.63, 3.8) is 0 Å². The second-order valence-electron chi connectivity index (χ2n) is 7.93. The lowest BCUT2D eigenvalue weighted by atomic mass is 10.0. The van der Waals surface area contributed by atoms with Crippen LogP contribution in [0.25, 0.3) is 0 Å². The van der Waals surface area contributed by atoms with Crippen molar-refractivity contribution in [2.75, 3.05) is 6.61 Å². The number of hydrogen-bond acceptors (Lipinski definition) is 2. The first-order chi connectivity index (χ1) is 8.97. The van der Waals surface area contributed by atoms with E-state index in [0.29, 0.717) is 11.8 Å². The van der Waals surface area contributed by atoms with Crippen LogP contribution < -0.4 is 0 Å². The Morgan fingerprint density at radius 1 is 1.05 bits per heavy atom. The molecule has 0 saturated heterocycles. The first-order valence-corrected chi connectivity index (χ1v) is 10.8. The summed E-state index contributed by atoms with van der Waals surface area (Å²) in [4.78, 5) is 0. The molecule has 0 unspecified atom stereocenters. The Bertz CT molecular complexity index is 290. The Morgan fingerprint density at radius 3 is 2.00 bits per heavy atom. The van der Waals surface area contributed by atoms with Crippen LogP contribution in [-0.4, -0.2) is 26.1 Å². The van der Waals surface area contributed by atoms with Crippen molar-refractivity contribution in [2.45, 2.75) is 78.6 Å². The van der Waals surface area contributed by atoms with Gasteiger partial charge in [0.05, 0.1) is 6.10 Å². The fourth-order valence-corrected chi connectivity index (χ4v) is 2.61. The molecule has 0 spiro atoms. The van der Waals surface area contributed by atoms with E-state index in [9.17, 15) is 5.11 Å². The van der Waals surface area contributed by atoms with Gasteiger partial charge >= 0.3 is 0 Å². The zero-order valence-corrected chi connectivity index (χ0v) is 15.9. The van der Waals surface area contributed by atoms with Crippen molar-refractivity contribution in [3.05, 3.63) is 12.2 Å². The number of rotatable bonds is 8. The molecule has 0 aliphatic carbocycles. The summed E-state index contributed by atoms with van der Waals surface area (Å²) in [7, 11) is -1.61. The van der Waals surface area contributed by atoms with Gasteiger partial charge in [-0.05, 0) is 42.8 Å². The van der Waals surface area contributed by atoms with E-state index in [2.05, 4.69) is 52.9 Å². The second-order valence-corrected chi connectivity index (χ2v) is 12.7. The zero-order chi connectivity index (χ0) is 16.0. The highest BCUT2D eigenvalue weighted by molar-refractivity contribution is 6.74. The fourth-order valence-electron chi connectivity index (χ4n) is 1.47. The summed E-state index contributed by atoms with van der Waals surface area (Å²) in [5.74, 6) is 0.871. The highest BCUT2D eigenvalue weighted by Crippen LogP contribution is 2.36. The van der Waals surface area contributed by atoms with E-state index in [-0.39, 0.29) is 11.1 Å². The van der Waals surface area contributed by atoms with Gasteiger partial charge in [-0.2, -0.15) is 0 Å². The lowest BCUT2D eigenvalue weighted by Crippen LogP contribution is -2.41.